The van der Waals surface area contributed by atoms with Crippen LogP contribution in [-0.2, 0) is 19.1 Å². The average molecular weight is 258 g/mol. The summed E-state index contributed by atoms with van der Waals surface area (Å²) in [5.74, 6) is -2.83. The van der Waals surface area contributed by atoms with E-state index in [0.29, 0.717) is 6.61 Å². The van der Waals surface area contributed by atoms with Crippen molar-refractivity contribution in [2.24, 2.45) is 11.8 Å². The lowest BCUT2D eigenvalue weighted by Crippen LogP contribution is -2.34. The second-order valence-electron chi connectivity index (χ2n) is 4.72. The van der Waals surface area contributed by atoms with Crippen molar-refractivity contribution in [3.63, 3.8) is 0 Å². The molecule has 0 aromatic rings. The van der Waals surface area contributed by atoms with Gasteiger partial charge < -0.3 is 14.6 Å². The van der Waals surface area contributed by atoms with Crippen molar-refractivity contribution >= 4 is 11.9 Å². The van der Waals surface area contributed by atoms with Crippen molar-refractivity contribution in [3.8, 4) is 0 Å². The molecule has 1 rings (SSSR count). The molecule has 0 amide bonds. The molecule has 1 aliphatic rings. The minimum Gasteiger partial charge on any atom is -0.481 e. The van der Waals surface area contributed by atoms with Crippen molar-refractivity contribution in [1.29, 1.82) is 0 Å². The minimum atomic E-state index is -1.17. The number of ether oxygens (including phenoxy) is 2. The first-order valence-electron chi connectivity index (χ1n) is 6.61. The molecule has 0 aromatic carbocycles. The van der Waals surface area contributed by atoms with E-state index in [2.05, 4.69) is 0 Å². The van der Waals surface area contributed by atoms with Crippen molar-refractivity contribution < 1.29 is 24.2 Å². The zero-order chi connectivity index (χ0) is 13.5. The average Bonchev–Trinajstić information content (AvgIpc) is 2.38. The Balaban J connectivity index is 2.55. The SMILES string of the molecule is CCOC(OC(=O)C(C)C(=O)O)C1CCCCC1. The molecule has 104 valence electrons. The van der Waals surface area contributed by atoms with Gasteiger partial charge in [-0.1, -0.05) is 19.3 Å². The summed E-state index contributed by atoms with van der Waals surface area (Å²) in [6.07, 6.45) is 4.78. The van der Waals surface area contributed by atoms with Crippen LogP contribution in [0.15, 0.2) is 0 Å². The fourth-order valence-corrected chi connectivity index (χ4v) is 2.15. The van der Waals surface area contributed by atoms with Gasteiger partial charge in [0.2, 0.25) is 6.29 Å². The number of aliphatic carboxylic acids is 1. The zero-order valence-corrected chi connectivity index (χ0v) is 11.1. The Morgan fingerprint density at radius 3 is 2.39 bits per heavy atom. The van der Waals surface area contributed by atoms with Gasteiger partial charge in [-0.05, 0) is 26.7 Å². The molecule has 2 atom stereocenters. The first-order chi connectivity index (χ1) is 8.56. The van der Waals surface area contributed by atoms with E-state index in [9.17, 15) is 9.59 Å². The summed E-state index contributed by atoms with van der Waals surface area (Å²) in [7, 11) is 0. The van der Waals surface area contributed by atoms with Crippen LogP contribution in [0, 0.1) is 11.8 Å². The van der Waals surface area contributed by atoms with Gasteiger partial charge in [0.05, 0.1) is 0 Å². The fraction of sp³-hybridized carbons (Fsp3) is 0.846. The highest BCUT2D eigenvalue weighted by atomic mass is 16.7. The Hall–Kier alpha value is -1.10. The Morgan fingerprint density at radius 1 is 1.28 bits per heavy atom. The summed E-state index contributed by atoms with van der Waals surface area (Å²) in [5, 5.41) is 8.76. The van der Waals surface area contributed by atoms with Crippen molar-refractivity contribution in [2.45, 2.75) is 52.2 Å². The van der Waals surface area contributed by atoms with Gasteiger partial charge in [-0.25, -0.2) is 0 Å². The van der Waals surface area contributed by atoms with E-state index in [1.165, 1.54) is 13.3 Å². The second-order valence-corrected chi connectivity index (χ2v) is 4.72. The van der Waals surface area contributed by atoms with Gasteiger partial charge >= 0.3 is 11.9 Å². The summed E-state index contributed by atoms with van der Waals surface area (Å²) in [6, 6.07) is 0. The molecule has 1 saturated carbocycles. The molecule has 0 bridgehead atoms. The lowest BCUT2D eigenvalue weighted by Gasteiger charge is -2.29. The van der Waals surface area contributed by atoms with E-state index in [-0.39, 0.29) is 5.92 Å². The fourth-order valence-electron chi connectivity index (χ4n) is 2.15. The molecule has 1 aliphatic carbocycles. The number of hydrogen-bond donors (Lipinski definition) is 1. The number of hydrogen-bond acceptors (Lipinski definition) is 4. The van der Waals surface area contributed by atoms with Gasteiger partial charge in [-0.15, -0.1) is 0 Å². The summed E-state index contributed by atoms with van der Waals surface area (Å²) >= 11 is 0. The Kier molecular flexibility index (Phi) is 6.12. The van der Waals surface area contributed by atoms with Crippen LogP contribution in [0.4, 0.5) is 0 Å². The molecule has 18 heavy (non-hydrogen) atoms. The maximum Gasteiger partial charge on any atom is 0.322 e. The maximum absolute atomic E-state index is 11.6. The number of esters is 1. The predicted molar refractivity (Wildman–Crippen MR) is 64.9 cm³/mol. The lowest BCUT2D eigenvalue weighted by atomic mass is 9.89. The van der Waals surface area contributed by atoms with E-state index in [1.54, 1.807) is 0 Å². The molecule has 2 unspecified atom stereocenters. The summed E-state index contributed by atoms with van der Waals surface area (Å²) < 4.78 is 10.7. The highest BCUT2D eigenvalue weighted by molar-refractivity contribution is 5.93. The van der Waals surface area contributed by atoms with Gasteiger partial charge in [-0.3, -0.25) is 9.59 Å². The van der Waals surface area contributed by atoms with Crippen LogP contribution >= 0.6 is 0 Å². The molecule has 5 nitrogen and oxygen atoms in total. The summed E-state index contributed by atoms with van der Waals surface area (Å²) in [6.45, 7) is 3.62. The number of carbonyl (C=O) groups is 2. The first kappa shape index (κ1) is 15.0. The molecule has 0 aromatic heterocycles. The summed E-state index contributed by atoms with van der Waals surface area (Å²) in [5.41, 5.74) is 0. The van der Waals surface area contributed by atoms with E-state index in [1.807, 2.05) is 6.92 Å². The third kappa shape index (κ3) is 4.29. The zero-order valence-electron chi connectivity index (χ0n) is 11.1. The Bertz CT molecular complexity index is 283. The monoisotopic (exact) mass is 258 g/mol. The second kappa shape index (κ2) is 7.36. The smallest absolute Gasteiger partial charge is 0.322 e. The largest absolute Gasteiger partial charge is 0.481 e. The quantitative estimate of drug-likeness (QED) is 0.449. The van der Waals surface area contributed by atoms with Crippen LogP contribution in [0.5, 0.6) is 0 Å². The van der Waals surface area contributed by atoms with Crippen LogP contribution in [0.2, 0.25) is 0 Å². The normalized spacial score (nSPS) is 20.1. The molecule has 1 N–H and O–H groups in total. The van der Waals surface area contributed by atoms with Crippen molar-refractivity contribution in [1.82, 2.24) is 0 Å². The standard InChI is InChI=1S/C13H22O5/c1-3-17-13(10-7-5-4-6-8-10)18-12(16)9(2)11(14)15/h9-10,13H,3-8H2,1-2H3,(H,14,15). The van der Waals surface area contributed by atoms with E-state index < -0.39 is 24.1 Å². The Morgan fingerprint density at radius 2 is 1.89 bits per heavy atom. The van der Waals surface area contributed by atoms with Gasteiger partial charge in [-0.2, -0.15) is 0 Å². The van der Waals surface area contributed by atoms with Crippen LogP contribution < -0.4 is 0 Å². The highest BCUT2D eigenvalue weighted by Gasteiger charge is 2.31. The van der Waals surface area contributed by atoms with Crippen molar-refractivity contribution in [2.75, 3.05) is 6.61 Å². The topological polar surface area (TPSA) is 72.8 Å². The highest BCUT2D eigenvalue weighted by Crippen LogP contribution is 2.29. The number of rotatable bonds is 6. The van der Waals surface area contributed by atoms with Crippen LogP contribution in [0.1, 0.15) is 46.0 Å². The van der Waals surface area contributed by atoms with Gasteiger partial charge in [0.15, 0.2) is 5.92 Å². The minimum absolute atomic E-state index is 0.198. The number of carboxylic acid groups (broad SMARTS) is 1. The molecule has 0 spiro atoms. The van der Waals surface area contributed by atoms with Crippen molar-refractivity contribution in [3.05, 3.63) is 0 Å². The Labute approximate surface area is 107 Å². The first-order valence-corrected chi connectivity index (χ1v) is 6.61. The van der Waals surface area contributed by atoms with Gasteiger partial charge in [0, 0.05) is 12.5 Å². The predicted octanol–water partition coefficient (Wildman–Crippen LogP) is 2.19. The summed E-state index contributed by atoms with van der Waals surface area (Å²) in [4.78, 5) is 22.3. The molecule has 1 fully saturated rings. The van der Waals surface area contributed by atoms with Crippen LogP contribution in [-0.4, -0.2) is 29.9 Å². The molecule has 0 aliphatic heterocycles. The third-order valence-corrected chi connectivity index (χ3v) is 3.32. The van der Waals surface area contributed by atoms with E-state index in [4.69, 9.17) is 14.6 Å². The molecular formula is C13H22O5. The lowest BCUT2D eigenvalue weighted by molar-refractivity contribution is -0.198. The maximum atomic E-state index is 11.6. The number of carbonyl (C=O) groups excluding carboxylic acids is 1. The van der Waals surface area contributed by atoms with Crippen LogP contribution in [0.25, 0.3) is 0 Å². The molecule has 0 saturated heterocycles. The molecular weight excluding hydrogens is 236 g/mol. The molecule has 5 heteroatoms. The number of carboxylic acids is 1. The van der Waals surface area contributed by atoms with E-state index in [0.717, 1.165) is 25.7 Å². The molecule has 0 heterocycles. The van der Waals surface area contributed by atoms with Crippen LogP contribution in [0.3, 0.4) is 0 Å². The van der Waals surface area contributed by atoms with Gasteiger partial charge in [0.1, 0.15) is 0 Å². The third-order valence-electron chi connectivity index (χ3n) is 3.32. The molecule has 0 radical (unpaired) electrons. The van der Waals surface area contributed by atoms with E-state index >= 15 is 0 Å². The van der Waals surface area contributed by atoms with Gasteiger partial charge in [0.25, 0.3) is 0 Å².